The summed E-state index contributed by atoms with van der Waals surface area (Å²) in [5, 5.41) is 0. The summed E-state index contributed by atoms with van der Waals surface area (Å²) < 4.78 is 0. The first kappa shape index (κ1) is 10.4. The molecule has 2 heteroatoms. The van der Waals surface area contributed by atoms with Crippen molar-refractivity contribution >= 4 is 15.9 Å². The van der Waals surface area contributed by atoms with Crippen LogP contribution in [0.5, 0.6) is 0 Å². The van der Waals surface area contributed by atoms with E-state index in [1.807, 2.05) is 0 Å². The minimum Gasteiger partial charge on any atom is -0.306 e. The summed E-state index contributed by atoms with van der Waals surface area (Å²) in [6.45, 7) is 6.84. The molecular formula is C8H18BrN. The molecule has 0 rings (SSSR count). The van der Waals surface area contributed by atoms with E-state index in [2.05, 4.69) is 41.7 Å². The number of hydrogen-bond donors (Lipinski definition) is 0. The van der Waals surface area contributed by atoms with Gasteiger partial charge >= 0.3 is 0 Å². The Labute approximate surface area is 72.9 Å². The third-order valence-electron chi connectivity index (χ3n) is 1.51. The van der Waals surface area contributed by atoms with Gasteiger partial charge in [-0.15, -0.1) is 0 Å². The van der Waals surface area contributed by atoms with Crippen molar-refractivity contribution < 1.29 is 0 Å². The van der Waals surface area contributed by atoms with Crippen molar-refractivity contribution in [2.24, 2.45) is 0 Å². The fourth-order valence-corrected chi connectivity index (χ4v) is 1.10. The summed E-state index contributed by atoms with van der Waals surface area (Å²) in [4.78, 5) is 3.03. The molecule has 62 valence electrons. The van der Waals surface area contributed by atoms with Gasteiger partial charge < -0.3 is 4.90 Å². The topological polar surface area (TPSA) is 3.24 Å². The van der Waals surface area contributed by atoms with Gasteiger partial charge in [-0.2, -0.15) is 0 Å². The molecule has 0 aromatic heterocycles. The zero-order valence-electron chi connectivity index (χ0n) is 7.23. The van der Waals surface area contributed by atoms with E-state index in [0.717, 1.165) is 0 Å². The first-order chi connectivity index (χ1) is 4.66. The average molecular weight is 208 g/mol. The molecule has 0 aromatic carbocycles. The molecule has 0 spiro atoms. The molecule has 0 bridgehead atoms. The highest BCUT2D eigenvalue weighted by molar-refractivity contribution is 9.09. The fourth-order valence-electron chi connectivity index (χ4n) is 0.892. The second-order valence-corrected chi connectivity index (χ2v) is 4.44. The molecule has 1 atom stereocenters. The van der Waals surface area contributed by atoms with Crippen molar-refractivity contribution in [3.63, 3.8) is 0 Å². The van der Waals surface area contributed by atoms with Crippen LogP contribution in [0.1, 0.15) is 26.7 Å². The maximum atomic E-state index is 3.53. The van der Waals surface area contributed by atoms with E-state index in [0.29, 0.717) is 4.83 Å². The van der Waals surface area contributed by atoms with Gasteiger partial charge in [-0.25, -0.2) is 0 Å². The fraction of sp³-hybridized carbons (Fsp3) is 1.00. The van der Waals surface area contributed by atoms with Gasteiger partial charge in [0.1, 0.15) is 0 Å². The van der Waals surface area contributed by atoms with Crippen LogP contribution in [0.25, 0.3) is 0 Å². The van der Waals surface area contributed by atoms with Crippen LogP contribution >= 0.6 is 15.9 Å². The quantitative estimate of drug-likeness (QED) is 0.627. The molecule has 0 radical (unpaired) electrons. The first-order valence-corrected chi connectivity index (χ1v) is 4.91. The minimum absolute atomic E-state index is 0.659. The Morgan fingerprint density at radius 3 is 2.40 bits per heavy atom. The van der Waals surface area contributed by atoms with E-state index in [-0.39, 0.29) is 0 Å². The lowest BCUT2D eigenvalue weighted by molar-refractivity contribution is 0.331. The van der Waals surface area contributed by atoms with Gasteiger partial charge in [0, 0.05) is 4.83 Å². The summed E-state index contributed by atoms with van der Waals surface area (Å²) in [6, 6.07) is 0. The smallest absolute Gasteiger partial charge is 0.0129 e. The minimum atomic E-state index is 0.659. The van der Waals surface area contributed by atoms with E-state index in [9.17, 15) is 0 Å². The average Bonchev–Trinajstić information content (AvgIpc) is 1.85. The SMILES string of the molecule is CCCN(C)CCC(C)Br. The molecule has 0 saturated carbocycles. The monoisotopic (exact) mass is 207 g/mol. The number of rotatable bonds is 5. The largest absolute Gasteiger partial charge is 0.306 e. The van der Waals surface area contributed by atoms with E-state index in [1.54, 1.807) is 0 Å². The number of hydrogen-bond acceptors (Lipinski definition) is 1. The van der Waals surface area contributed by atoms with Crippen molar-refractivity contribution in [2.45, 2.75) is 31.5 Å². The number of alkyl halides is 1. The second-order valence-electron chi connectivity index (χ2n) is 2.87. The standard InChI is InChI=1S/C8H18BrN/c1-4-6-10(3)7-5-8(2)9/h8H,4-7H2,1-3H3. The van der Waals surface area contributed by atoms with E-state index < -0.39 is 0 Å². The van der Waals surface area contributed by atoms with Gasteiger partial charge in [0.05, 0.1) is 0 Å². The molecule has 0 aliphatic heterocycles. The molecule has 1 nitrogen and oxygen atoms in total. The molecule has 0 aliphatic carbocycles. The van der Waals surface area contributed by atoms with Crippen LogP contribution in [0.15, 0.2) is 0 Å². The Balaban J connectivity index is 3.12. The molecule has 1 unspecified atom stereocenters. The predicted octanol–water partition coefficient (Wildman–Crippen LogP) is 2.50. The van der Waals surface area contributed by atoms with Gasteiger partial charge in [-0.1, -0.05) is 29.8 Å². The Hall–Kier alpha value is 0.440. The molecule has 0 heterocycles. The molecule has 0 saturated heterocycles. The third kappa shape index (κ3) is 6.56. The lowest BCUT2D eigenvalue weighted by Crippen LogP contribution is -2.21. The number of halogens is 1. The highest BCUT2D eigenvalue weighted by Crippen LogP contribution is 2.03. The van der Waals surface area contributed by atoms with Crippen LogP contribution in [-0.4, -0.2) is 29.9 Å². The number of nitrogens with zero attached hydrogens (tertiary/aromatic N) is 1. The van der Waals surface area contributed by atoms with E-state index >= 15 is 0 Å². The second kappa shape index (κ2) is 6.17. The van der Waals surface area contributed by atoms with Gasteiger partial charge in [-0.3, -0.25) is 0 Å². The Morgan fingerprint density at radius 2 is 2.00 bits per heavy atom. The maximum absolute atomic E-state index is 3.53. The van der Waals surface area contributed by atoms with Crippen molar-refractivity contribution in [2.75, 3.05) is 20.1 Å². The third-order valence-corrected chi connectivity index (χ3v) is 1.97. The summed E-state index contributed by atoms with van der Waals surface area (Å²) in [5.41, 5.74) is 0. The van der Waals surface area contributed by atoms with Crippen LogP contribution in [0.3, 0.4) is 0 Å². The first-order valence-electron chi connectivity index (χ1n) is 3.99. The lowest BCUT2D eigenvalue weighted by atomic mass is 10.3. The molecule has 0 amide bonds. The summed E-state index contributed by atoms with van der Waals surface area (Å²) in [7, 11) is 2.18. The van der Waals surface area contributed by atoms with Crippen molar-refractivity contribution in [1.82, 2.24) is 4.90 Å². The van der Waals surface area contributed by atoms with Crippen LogP contribution in [0, 0.1) is 0 Å². The Bertz CT molecular complexity index is 73.7. The Morgan fingerprint density at radius 1 is 1.40 bits per heavy atom. The lowest BCUT2D eigenvalue weighted by Gasteiger charge is -2.15. The van der Waals surface area contributed by atoms with Crippen LogP contribution in [0.4, 0.5) is 0 Å². The van der Waals surface area contributed by atoms with Gasteiger partial charge in [0.15, 0.2) is 0 Å². The van der Waals surface area contributed by atoms with Crippen molar-refractivity contribution in [1.29, 1.82) is 0 Å². The molecule has 0 fully saturated rings. The normalized spacial score (nSPS) is 14.1. The highest BCUT2D eigenvalue weighted by Gasteiger charge is 1.98. The van der Waals surface area contributed by atoms with Crippen LogP contribution in [-0.2, 0) is 0 Å². The summed E-state index contributed by atoms with van der Waals surface area (Å²) >= 11 is 3.53. The van der Waals surface area contributed by atoms with Gasteiger partial charge in [-0.05, 0) is 33.0 Å². The summed E-state index contributed by atoms with van der Waals surface area (Å²) in [5.74, 6) is 0. The van der Waals surface area contributed by atoms with Crippen molar-refractivity contribution in [3.05, 3.63) is 0 Å². The predicted molar refractivity (Wildman–Crippen MR) is 50.8 cm³/mol. The van der Waals surface area contributed by atoms with Gasteiger partial charge in [0.2, 0.25) is 0 Å². The molecular weight excluding hydrogens is 190 g/mol. The molecule has 0 N–H and O–H groups in total. The zero-order chi connectivity index (χ0) is 7.98. The van der Waals surface area contributed by atoms with Crippen molar-refractivity contribution in [3.8, 4) is 0 Å². The zero-order valence-corrected chi connectivity index (χ0v) is 8.82. The Kier molecular flexibility index (Phi) is 6.44. The highest BCUT2D eigenvalue weighted by atomic mass is 79.9. The van der Waals surface area contributed by atoms with Gasteiger partial charge in [0.25, 0.3) is 0 Å². The van der Waals surface area contributed by atoms with E-state index in [1.165, 1.54) is 25.9 Å². The summed E-state index contributed by atoms with van der Waals surface area (Å²) in [6.07, 6.45) is 2.50. The molecule has 0 aliphatic rings. The van der Waals surface area contributed by atoms with E-state index in [4.69, 9.17) is 0 Å². The molecule has 10 heavy (non-hydrogen) atoms. The molecule has 0 aromatic rings. The van der Waals surface area contributed by atoms with Crippen LogP contribution in [0.2, 0.25) is 0 Å². The maximum Gasteiger partial charge on any atom is 0.0129 e. The van der Waals surface area contributed by atoms with Crippen LogP contribution < -0.4 is 0 Å².